The van der Waals surface area contributed by atoms with Crippen molar-refractivity contribution in [2.45, 2.75) is 25.9 Å². The van der Waals surface area contributed by atoms with Crippen LogP contribution in [0.2, 0.25) is 0 Å². The summed E-state index contributed by atoms with van der Waals surface area (Å²) in [6.45, 7) is 3.82. The molecule has 1 unspecified atom stereocenters. The van der Waals surface area contributed by atoms with Crippen LogP contribution in [0, 0.1) is 25.1 Å². The summed E-state index contributed by atoms with van der Waals surface area (Å²) < 4.78 is 13.5. The van der Waals surface area contributed by atoms with Gasteiger partial charge in [0, 0.05) is 12.1 Å². The summed E-state index contributed by atoms with van der Waals surface area (Å²) in [5.41, 5.74) is 1.00. The molecule has 0 bridgehead atoms. The summed E-state index contributed by atoms with van der Waals surface area (Å²) >= 11 is 0. The highest BCUT2D eigenvalue weighted by Crippen LogP contribution is 2.33. The number of amides is 1. The summed E-state index contributed by atoms with van der Waals surface area (Å²) in [4.78, 5) is 14.3. The lowest BCUT2D eigenvalue weighted by Crippen LogP contribution is -2.36. The first-order chi connectivity index (χ1) is 13.2. The van der Waals surface area contributed by atoms with E-state index < -0.39 is 11.5 Å². The van der Waals surface area contributed by atoms with Gasteiger partial charge in [-0.25, -0.2) is 4.39 Å². The minimum atomic E-state index is -1.29. The van der Waals surface area contributed by atoms with Crippen molar-refractivity contribution in [3.05, 3.63) is 82.4 Å². The van der Waals surface area contributed by atoms with Crippen LogP contribution in [0.15, 0.2) is 54.3 Å². The number of likely N-dealkylation sites (tertiary alicyclic amines) is 1. The van der Waals surface area contributed by atoms with Crippen LogP contribution in [0.3, 0.4) is 0 Å². The van der Waals surface area contributed by atoms with E-state index in [1.165, 1.54) is 17.0 Å². The Kier molecular flexibility index (Phi) is 5.34. The molecule has 0 aromatic heterocycles. The summed E-state index contributed by atoms with van der Waals surface area (Å²) in [5.74, 6) is -0.877. The lowest BCUT2D eigenvalue weighted by Gasteiger charge is -2.25. The Morgan fingerprint density at radius 1 is 1.21 bits per heavy atom. The molecular formula is C22H23FN2O3. The van der Waals surface area contributed by atoms with E-state index in [-0.39, 0.29) is 30.2 Å². The van der Waals surface area contributed by atoms with Gasteiger partial charge in [-0.3, -0.25) is 10.2 Å². The molecule has 0 aliphatic carbocycles. The molecule has 2 aromatic carbocycles. The molecule has 3 N–H and O–H groups in total. The van der Waals surface area contributed by atoms with Crippen LogP contribution in [0.4, 0.5) is 4.39 Å². The molecule has 1 heterocycles. The Morgan fingerprint density at radius 3 is 2.50 bits per heavy atom. The van der Waals surface area contributed by atoms with Crippen LogP contribution in [0.25, 0.3) is 0 Å². The summed E-state index contributed by atoms with van der Waals surface area (Å²) in [6, 6.07) is 11.5. The topological polar surface area (TPSA) is 84.6 Å². The van der Waals surface area contributed by atoms with E-state index in [2.05, 4.69) is 0 Å². The third kappa shape index (κ3) is 3.68. The normalized spacial score (nSPS) is 19.7. The number of nitrogens with one attached hydrogen (secondary N) is 1. The van der Waals surface area contributed by atoms with Gasteiger partial charge in [0.1, 0.15) is 11.4 Å². The van der Waals surface area contributed by atoms with Crippen LogP contribution < -0.4 is 0 Å². The number of aryl methyl sites for hydroxylation is 2. The van der Waals surface area contributed by atoms with Crippen LogP contribution >= 0.6 is 0 Å². The zero-order chi connectivity index (χ0) is 20.5. The second kappa shape index (κ2) is 7.56. The number of hydrogen-bond acceptors (Lipinski definition) is 4. The third-order valence-electron chi connectivity index (χ3n) is 5.20. The highest BCUT2D eigenvalue weighted by molar-refractivity contribution is 6.26. The zero-order valence-electron chi connectivity index (χ0n) is 15.9. The number of β-amino-alcohol motifs (C(OH)–C–C–N with tert-alkyl or cyclic N) is 1. The Labute approximate surface area is 163 Å². The molecule has 146 valence electrons. The molecule has 1 fully saturated rings. The number of benzene rings is 2. The van der Waals surface area contributed by atoms with Gasteiger partial charge in [0.2, 0.25) is 0 Å². The van der Waals surface area contributed by atoms with Gasteiger partial charge in [-0.1, -0.05) is 42.0 Å². The molecule has 0 saturated carbocycles. The number of aliphatic hydroxyl groups is 2. The summed E-state index contributed by atoms with van der Waals surface area (Å²) in [5, 5.41) is 28.9. The molecule has 1 aliphatic heterocycles. The maximum Gasteiger partial charge on any atom is 0.259 e. The van der Waals surface area contributed by atoms with Gasteiger partial charge >= 0.3 is 0 Å². The molecule has 1 aliphatic rings. The number of aliphatic hydroxyl groups excluding tert-OH is 1. The number of hydrogen-bond donors (Lipinski definition) is 3. The number of rotatable bonds is 4. The molecule has 1 amide bonds. The van der Waals surface area contributed by atoms with Crippen molar-refractivity contribution in [1.82, 2.24) is 4.90 Å². The maximum absolute atomic E-state index is 13.5. The first-order valence-electron chi connectivity index (χ1n) is 9.04. The second-order valence-corrected chi connectivity index (χ2v) is 7.26. The van der Waals surface area contributed by atoms with Crippen molar-refractivity contribution in [2.24, 2.45) is 0 Å². The van der Waals surface area contributed by atoms with E-state index in [1.54, 1.807) is 25.1 Å². The Morgan fingerprint density at radius 2 is 1.89 bits per heavy atom. The first kappa shape index (κ1) is 19.8. The fraction of sp³-hybridized carbons (Fsp3) is 0.273. The molecule has 3 rings (SSSR count). The fourth-order valence-corrected chi connectivity index (χ4v) is 3.41. The molecule has 0 spiro atoms. The zero-order valence-corrected chi connectivity index (χ0v) is 15.9. The minimum Gasteiger partial charge on any atom is -0.515 e. The summed E-state index contributed by atoms with van der Waals surface area (Å²) in [7, 11) is 0. The van der Waals surface area contributed by atoms with E-state index in [4.69, 9.17) is 5.41 Å². The number of carbonyl (C=O) groups is 1. The van der Waals surface area contributed by atoms with Crippen molar-refractivity contribution in [1.29, 1.82) is 5.41 Å². The van der Waals surface area contributed by atoms with E-state index in [0.717, 1.165) is 5.56 Å². The van der Waals surface area contributed by atoms with E-state index in [9.17, 15) is 19.4 Å². The number of nitrogens with zero attached hydrogens (tertiary/aromatic N) is 1. The fourth-order valence-electron chi connectivity index (χ4n) is 3.41. The Hall–Kier alpha value is -2.99. The average molecular weight is 382 g/mol. The highest BCUT2D eigenvalue weighted by atomic mass is 19.1. The number of halogens is 1. The van der Waals surface area contributed by atoms with Gasteiger partial charge in [0.15, 0.2) is 0 Å². The molecule has 6 heteroatoms. The van der Waals surface area contributed by atoms with E-state index >= 15 is 0 Å². The molecular weight excluding hydrogens is 359 g/mol. The molecule has 0 radical (unpaired) electrons. The van der Waals surface area contributed by atoms with Gasteiger partial charge in [0.25, 0.3) is 5.91 Å². The standard InChI is InChI=1S/C22H23FN2O3/c1-14-3-5-16(6-4-14)20(24)18(12-26)21(27)25-10-9-22(28,13-25)17-7-8-19(23)15(2)11-17/h3-8,11-12,24,26,28H,9-10,13H2,1-2H3/b18-12+,24-20?. The minimum absolute atomic E-state index is 0.00935. The van der Waals surface area contributed by atoms with Gasteiger partial charge in [-0.15, -0.1) is 0 Å². The van der Waals surface area contributed by atoms with Gasteiger partial charge in [0.05, 0.1) is 24.1 Å². The average Bonchev–Trinajstić information content (AvgIpc) is 3.08. The number of carbonyl (C=O) groups excluding carboxylic acids is 1. The second-order valence-electron chi connectivity index (χ2n) is 7.26. The van der Waals surface area contributed by atoms with Crippen molar-refractivity contribution in [3.8, 4) is 0 Å². The van der Waals surface area contributed by atoms with Crippen LogP contribution in [-0.4, -0.2) is 39.8 Å². The Bertz CT molecular complexity index is 953. The van der Waals surface area contributed by atoms with Gasteiger partial charge in [-0.2, -0.15) is 0 Å². The van der Waals surface area contributed by atoms with E-state index in [1.807, 2.05) is 19.1 Å². The van der Waals surface area contributed by atoms with Crippen LogP contribution in [-0.2, 0) is 10.4 Å². The Balaban J connectivity index is 1.79. The van der Waals surface area contributed by atoms with Crippen LogP contribution in [0.5, 0.6) is 0 Å². The van der Waals surface area contributed by atoms with Crippen LogP contribution in [0.1, 0.15) is 28.7 Å². The van der Waals surface area contributed by atoms with Crippen molar-refractivity contribution in [3.63, 3.8) is 0 Å². The molecule has 1 atom stereocenters. The quantitative estimate of drug-likeness (QED) is 0.431. The van der Waals surface area contributed by atoms with Crippen molar-refractivity contribution < 1.29 is 19.4 Å². The molecule has 5 nitrogen and oxygen atoms in total. The monoisotopic (exact) mass is 382 g/mol. The maximum atomic E-state index is 13.5. The summed E-state index contributed by atoms with van der Waals surface area (Å²) in [6.07, 6.45) is 0.935. The van der Waals surface area contributed by atoms with E-state index in [0.29, 0.717) is 29.4 Å². The smallest absolute Gasteiger partial charge is 0.259 e. The van der Waals surface area contributed by atoms with Crippen molar-refractivity contribution >= 4 is 11.6 Å². The van der Waals surface area contributed by atoms with Gasteiger partial charge in [-0.05, 0) is 37.5 Å². The predicted molar refractivity (Wildman–Crippen MR) is 105 cm³/mol. The molecule has 28 heavy (non-hydrogen) atoms. The van der Waals surface area contributed by atoms with Gasteiger partial charge < -0.3 is 15.1 Å². The first-order valence-corrected chi connectivity index (χ1v) is 9.04. The highest BCUT2D eigenvalue weighted by Gasteiger charge is 2.41. The SMILES string of the molecule is Cc1ccc(C(=N)/C(=C\O)C(=O)N2CCC(O)(c3ccc(F)c(C)c3)C2)cc1. The molecule has 2 aromatic rings. The van der Waals surface area contributed by atoms with Crippen molar-refractivity contribution in [2.75, 3.05) is 13.1 Å². The largest absolute Gasteiger partial charge is 0.515 e. The lowest BCUT2D eigenvalue weighted by atomic mass is 9.92. The third-order valence-corrected chi connectivity index (χ3v) is 5.20. The lowest BCUT2D eigenvalue weighted by molar-refractivity contribution is -0.126. The molecule has 1 saturated heterocycles. The predicted octanol–water partition coefficient (Wildman–Crippen LogP) is 3.37.